The van der Waals surface area contributed by atoms with Gasteiger partial charge in [-0.3, -0.25) is 9.69 Å². The molecule has 2 aliphatic heterocycles. The smallest absolute Gasteiger partial charge is 0.308 e. The Hall–Kier alpha value is -1.55. The Kier molecular flexibility index (Phi) is 3.42. The van der Waals surface area contributed by atoms with Gasteiger partial charge < -0.3 is 9.84 Å². The first-order valence-corrected chi connectivity index (χ1v) is 7.26. The van der Waals surface area contributed by atoms with Crippen LogP contribution in [0.4, 0.5) is 0 Å². The number of carboxylic acid groups (broad SMARTS) is 1. The van der Waals surface area contributed by atoms with E-state index in [-0.39, 0.29) is 17.9 Å². The molecule has 0 bridgehead atoms. The van der Waals surface area contributed by atoms with Crippen LogP contribution in [-0.2, 0) is 4.79 Å². The fraction of sp³-hybridized carbons (Fsp3) is 0.562. The highest BCUT2D eigenvalue weighted by Gasteiger charge is 2.41. The van der Waals surface area contributed by atoms with Crippen molar-refractivity contribution >= 4 is 5.97 Å². The highest BCUT2D eigenvalue weighted by atomic mass is 16.5. The van der Waals surface area contributed by atoms with E-state index in [0.717, 1.165) is 12.3 Å². The minimum absolute atomic E-state index is 0.203. The molecule has 2 aliphatic rings. The maximum Gasteiger partial charge on any atom is 0.308 e. The SMILES string of the molecule is CC1CN(C2c3ccccc3OCC2C)CC1C(=O)O. The number of rotatable bonds is 2. The van der Waals surface area contributed by atoms with Crippen LogP contribution in [-0.4, -0.2) is 35.7 Å². The fourth-order valence-electron chi connectivity index (χ4n) is 3.58. The number of para-hydroxylation sites is 1. The number of nitrogens with zero attached hydrogens (tertiary/aromatic N) is 1. The zero-order chi connectivity index (χ0) is 14.3. The van der Waals surface area contributed by atoms with E-state index in [9.17, 15) is 9.90 Å². The van der Waals surface area contributed by atoms with E-state index < -0.39 is 5.97 Å². The van der Waals surface area contributed by atoms with Crippen molar-refractivity contribution in [3.8, 4) is 5.75 Å². The summed E-state index contributed by atoms with van der Waals surface area (Å²) in [4.78, 5) is 13.6. The lowest BCUT2D eigenvalue weighted by Crippen LogP contribution is -2.37. The van der Waals surface area contributed by atoms with E-state index in [4.69, 9.17) is 4.74 Å². The van der Waals surface area contributed by atoms with Crippen LogP contribution in [0.5, 0.6) is 5.75 Å². The number of carbonyl (C=O) groups is 1. The topological polar surface area (TPSA) is 49.8 Å². The summed E-state index contributed by atoms with van der Waals surface area (Å²) in [6.45, 7) is 6.40. The van der Waals surface area contributed by atoms with Gasteiger partial charge in [0, 0.05) is 30.6 Å². The van der Waals surface area contributed by atoms with Gasteiger partial charge in [0.15, 0.2) is 0 Å². The van der Waals surface area contributed by atoms with E-state index >= 15 is 0 Å². The quantitative estimate of drug-likeness (QED) is 0.900. The highest BCUT2D eigenvalue weighted by molar-refractivity contribution is 5.71. The summed E-state index contributed by atoms with van der Waals surface area (Å²) >= 11 is 0. The molecule has 0 aromatic heterocycles. The molecule has 2 heterocycles. The third kappa shape index (κ3) is 2.18. The van der Waals surface area contributed by atoms with Crippen LogP contribution in [0.25, 0.3) is 0 Å². The molecule has 4 heteroatoms. The van der Waals surface area contributed by atoms with Gasteiger partial charge in [-0.05, 0) is 12.0 Å². The van der Waals surface area contributed by atoms with Gasteiger partial charge in [0.1, 0.15) is 5.75 Å². The monoisotopic (exact) mass is 275 g/mol. The number of aliphatic carboxylic acids is 1. The normalized spacial score (nSPS) is 33.5. The van der Waals surface area contributed by atoms with E-state index in [2.05, 4.69) is 17.9 Å². The number of benzene rings is 1. The van der Waals surface area contributed by atoms with E-state index in [0.29, 0.717) is 19.1 Å². The van der Waals surface area contributed by atoms with Crippen LogP contribution >= 0.6 is 0 Å². The van der Waals surface area contributed by atoms with Crippen molar-refractivity contribution in [2.24, 2.45) is 17.8 Å². The van der Waals surface area contributed by atoms with E-state index in [1.165, 1.54) is 5.56 Å². The zero-order valence-corrected chi connectivity index (χ0v) is 12.0. The predicted molar refractivity (Wildman–Crippen MR) is 75.7 cm³/mol. The molecule has 0 saturated carbocycles. The Labute approximate surface area is 119 Å². The maximum atomic E-state index is 11.3. The number of ether oxygens (including phenoxy) is 1. The average Bonchev–Trinajstić information content (AvgIpc) is 2.80. The van der Waals surface area contributed by atoms with Crippen molar-refractivity contribution in [1.29, 1.82) is 0 Å². The standard InChI is InChI=1S/C16H21NO3/c1-10-7-17(8-13(10)16(18)19)15-11(2)9-20-14-6-4-3-5-12(14)15/h3-6,10-11,13,15H,7-9H2,1-2H3,(H,18,19). The third-order valence-electron chi connectivity index (χ3n) is 4.63. The van der Waals surface area contributed by atoms with Gasteiger partial charge in [0.2, 0.25) is 0 Å². The Balaban J connectivity index is 1.89. The first-order chi connectivity index (χ1) is 9.58. The van der Waals surface area contributed by atoms with E-state index in [1.807, 2.05) is 25.1 Å². The second-order valence-electron chi connectivity index (χ2n) is 6.15. The summed E-state index contributed by atoms with van der Waals surface area (Å²) < 4.78 is 5.78. The Morgan fingerprint density at radius 3 is 2.70 bits per heavy atom. The van der Waals surface area contributed by atoms with Crippen LogP contribution in [0.1, 0.15) is 25.5 Å². The van der Waals surface area contributed by atoms with Gasteiger partial charge in [0.25, 0.3) is 0 Å². The lowest BCUT2D eigenvalue weighted by atomic mass is 9.91. The molecular weight excluding hydrogens is 254 g/mol. The lowest BCUT2D eigenvalue weighted by molar-refractivity contribution is -0.142. The van der Waals surface area contributed by atoms with Crippen LogP contribution in [0.15, 0.2) is 24.3 Å². The number of hydrogen-bond donors (Lipinski definition) is 1. The summed E-state index contributed by atoms with van der Waals surface area (Å²) in [5.74, 6) is 0.603. The van der Waals surface area contributed by atoms with Crippen LogP contribution in [0, 0.1) is 17.8 Å². The van der Waals surface area contributed by atoms with Crippen LogP contribution in [0.2, 0.25) is 0 Å². The lowest BCUT2D eigenvalue weighted by Gasteiger charge is -2.37. The summed E-state index contributed by atoms with van der Waals surface area (Å²) in [7, 11) is 0. The van der Waals surface area contributed by atoms with Gasteiger partial charge in [-0.2, -0.15) is 0 Å². The molecule has 1 aromatic rings. The van der Waals surface area contributed by atoms with Crippen molar-refractivity contribution in [3.05, 3.63) is 29.8 Å². The number of carboxylic acids is 1. The molecule has 0 spiro atoms. The molecule has 0 radical (unpaired) electrons. The minimum Gasteiger partial charge on any atom is -0.493 e. The summed E-state index contributed by atoms with van der Waals surface area (Å²) in [5, 5.41) is 9.31. The van der Waals surface area contributed by atoms with Gasteiger partial charge in [-0.25, -0.2) is 0 Å². The summed E-state index contributed by atoms with van der Waals surface area (Å²) in [6, 6.07) is 8.39. The van der Waals surface area contributed by atoms with Gasteiger partial charge in [-0.15, -0.1) is 0 Å². The molecule has 4 atom stereocenters. The first-order valence-electron chi connectivity index (χ1n) is 7.26. The Bertz CT molecular complexity index is 516. The molecule has 3 rings (SSSR count). The number of fused-ring (bicyclic) bond motifs is 1. The van der Waals surface area contributed by atoms with Gasteiger partial charge in [0.05, 0.1) is 12.5 Å². The van der Waals surface area contributed by atoms with Gasteiger partial charge in [-0.1, -0.05) is 32.0 Å². The van der Waals surface area contributed by atoms with E-state index in [1.54, 1.807) is 0 Å². The molecule has 4 unspecified atom stereocenters. The van der Waals surface area contributed by atoms with Gasteiger partial charge >= 0.3 is 5.97 Å². The number of likely N-dealkylation sites (tertiary alicyclic amines) is 1. The van der Waals surface area contributed by atoms with Crippen LogP contribution < -0.4 is 4.74 Å². The van der Waals surface area contributed by atoms with Crippen LogP contribution in [0.3, 0.4) is 0 Å². The maximum absolute atomic E-state index is 11.3. The minimum atomic E-state index is -0.673. The summed E-state index contributed by atoms with van der Waals surface area (Å²) in [5.41, 5.74) is 1.20. The molecule has 4 nitrogen and oxygen atoms in total. The molecule has 108 valence electrons. The Morgan fingerprint density at radius 1 is 1.25 bits per heavy atom. The predicted octanol–water partition coefficient (Wildman–Crippen LogP) is 2.41. The highest BCUT2D eigenvalue weighted by Crippen LogP contribution is 2.42. The summed E-state index contributed by atoms with van der Waals surface area (Å²) in [6.07, 6.45) is 0. The van der Waals surface area contributed by atoms with Crippen molar-refractivity contribution in [2.75, 3.05) is 19.7 Å². The molecule has 20 heavy (non-hydrogen) atoms. The zero-order valence-electron chi connectivity index (χ0n) is 12.0. The van der Waals surface area contributed by atoms with Crippen molar-refractivity contribution in [2.45, 2.75) is 19.9 Å². The molecular formula is C16H21NO3. The molecule has 1 saturated heterocycles. The molecule has 0 amide bonds. The average molecular weight is 275 g/mol. The molecule has 1 aromatic carbocycles. The second-order valence-corrected chi connectivity index (χ2v) is 6.15. The van der Waals surface area contributed by atoms with Crippen molar-refractivity contribution in [1.82, 2.24) is 4.90 Å². The largest absolute Gasteiger partial charge is 0.493 e. The van der Waals surface area contributed by atoms with Crippen molar-refractivity contribution in [3.63, 3.8) is 0 Å². The molecule has 1 fully saturated rings. The third-order valence-corrected chi connectivity index (χ3v) is 4.63. The first kappa shape index (κ1) is 13.4. The number of hydrogen-bond acceptors (Lipinski definition) is 3. The second kappa shape index (κ2) is 5.09. The van der Waals surface area contributed by atoms with Crippen molar-refractivity contribution < 1.29 is 14.6 Å². The fourth-order valence-corrected chi connectivity index (χ4v) is 3.58. The molecule has 0 aliphatic carbocycles. The molecule has 1 N–H and O–H groups in total. The Morgan fingerprint density at radius 2 is 2.00 bits per heavy atom.